The van der Waals surface area contributed by atoms with Crippen LogP contribution in [0.5, 0.6) is 5.75 Å². The van der Waals surface area contributed by atoms with Crippen LogP contribution in [-0.2, 0) is 19.1 Å². The second-order valence-electron chi connectivity index (χ2n) is 5.34. The maximum atomic E-state index is 12.1. The Bertz CT molecular complexity index is 660. The largest absolute Gasteiger partial charge is 0.493 e. The number of carbonyl (C=O) groups excluding carboxylic acids is 4. The van der Waals surface area contributed by atoms with E-state index in [-0.39, 0.29) is 12.5 Å². The van der Waals surface area contributed by atoms with E-state index in [2.05, 4.69) is 10.6 Å². The monoisotopic (exact) mass is 365 g/mol. The predicted octanol–water partition coefficient (Wildman–Crippen LogP) is -0.437. The van der Waals surface area contributed by atoms with Gasteiger partial charge in [0.15, 0.2) is 6.61 Å². The lowest BCUT2D eigenvalue weighted by Gasteiger charge is -2.11. The van der Waals surface area contributed by atoms with Crippen LogP contribution in [-0.4, -0.2) is 69.0 Å². The first kappa shape index (κ1) is 20.9. The van der Waals surface area contributed by atoms with Crippen molar-refractivity contribution in [2.75, 3.05) is 40.4 Å². The van der Waals surface area contributed by atoms with E-state index in [9.17, 15) is 19.2 Å². The van der Waals surface area contributed by atoms with Gasteiger partial charge >= 0.3 is 5.97 Å². The number of esters is 1. The fourth-order valence-corrected chi connectivity index (χ4v) is 1.76. The van der Waals surface area contributed by atoms with E-state index in [0.29, 0.717) is 17.9 Å². The van der Waals surface area contributed by atoms with E-state index in [0.717, 1.165) is 0 Å². The van der Waals surface area contributed by atoms with Crippen molar-refractivity contribution < 1.29 is 28.7 Å². The van der Waals surface area contributed by atoms with E-state index >= 15 is 0 Å². The number of benzene rings is 1. The molecular formula is C17H23N3O6. The zero-order valence-corrected chi connectivity index (χ0v) is 15.0. The number of hydrogen-bond acceptors (Lipinski definition) is 6. The number of amides is 3. The van der Waals surface area contributed by atoms with Gasteiger partial charge in [0, 0.05) is 14.1 Å². The van der Waals surface area contributed by atoms with Crippen molar-refractivity contribution in [3.8, 4) is 5.75 Å². The first-order valence-corrected chi connectivity index (χ1v) is 7.97. The molecule has 1 aromatic rings. The van der Waals surface area contributed by atoms with Gasteiger partial charge in [0.25, 0.3) is 11.8 Å². The smallest absolute Gasteiger partial charge is 0.325 e. The molecule has 0 saturated heterocycles. The Labute approximate surface area is 151 Å². The van der Waals surface area contributed by atoms with Crippen molar-refractivity contribution in [3.63, 3.8) is 0 Å². The molecule has 0 unspecified atom stereocenters. The molecule has 0 bridgehead atoms. The van der Waals surface area contributed by atoms with Crippen molar-refractivity contribution in [2.45, 2.75) is 6.92 Å². The van der Waals surface area contributed by atoms with Crippen LogP contribution in [0, 0.1) is 0 Å². The van der Waals surface area contributed by atoms with Gasteiger partial charge in [0.1, 0.15) is 12.3 Å². The molecule has 0 radical (unpaired) electrons. The molecule has 1 rings (SSSR count). The quantitative estimate of drug-likeness (QED) is 0.574. The molecule has 0 heterocycles. The molecule has 26 heavy (non-hydrogen) atoms. The number of ether oxygens (including phenoxy) is 2. The zero-order chi connectivity index (χ0) is 19.5. The fourth-order valence-electron chi connectivity index (χ4n) is 1.76. The van der Waals surface area contributed by atoms with Crippen LogP contribution in [0.25, 0.3) is 0 Å². The molecule has 0 aliphatic rings. The highest BCUT2D eigenvalue weighted by atomic mass is 16.5. The zero-order valence-electron chi connectivity index (χ0n) is 15.0. The molecule has 0 aliphatic carbocycles. The highest BCUT2D eigenvalue weighted by Crippen LogP contribution is 2.17. The summed E-state index contributed by atoms with van der Waals surface area (Å²) in [5.74, 6) is -1.76. The Hall–Kier alpha value is -3.10. The topological polar surface area (TPSA) is 114 Å². The van der Waals surface area contributed by atoms with Crippen LogP contribution in [0.1, 0.15) is 17.3 Å². The summed E-state index contributed by atoms with van der Waals surface area (Å²) in [6.45, 7) is 1.07. The van der Waals surface area contributed by atoms with Crippen molar-refractivity contribution in [1.82, 2.24) is 15.5 Å². The highest BCUT2D eigenvalue weighted by Gasteiger charge is 2.14. The third-order valence-corrected chi connectivity index (χ3v) is 3.12. The number of nitrogens with zero attached hydrogens (tertiary/aromatic N) is 1. The van der Waals surface area contributed by atoms with Gasteiger partial charge in [-0.25, -0.2) is 0 Å². The first-order chi connectivity index (χ1) is 12.3. The van der Waals surface area contributed by atoms with E-state index in [1.807, 2.05) is 0 Å². The summed E-state index contributed by atoms with van der Waals surface area (Å²) in [4.78, 5) is 47.8. The van der Waals surface area contributed by atoms with Crippen LogP contribution in [0.15, 0.2) is 24.3 Å². The molecular weight excluding hydrogens is 342 g/mol. The lowest BCUT2D eigenvalue weighted by molar-refractivity contribution is -0.147. The van der Waals surface area contributed by atoms with Crippen LogP contribution >= 0.6 is 0 Å². The second kappa shape index (κ2) is 10.7. The second-order valence-corrected chi connectivity index (χ2v) is 5.34. The molecule has 9 heteroatoms. The van der Waals surface area contributed by atoms with Gasteiger partial charge in [0.05, 0.1) is 18.7 Å². The molecule has 0 atom stereocenters. The van der Waals surface area contributed by atoms with Gasteiger partial charge in [-0.2, -0.15) is 0 Å². The van der Waals surface area contributed by atoms with Gasteiger partial charge in [0.2, 0.25) is 5.91 Å². The van der Waals surface area contributed by atoms with E-state index in [1.165, 1.54) is 4.90 Å². The molecule has 1 aromatic carbocycles. The Kier molecular flexibility index (Phi) is 8.62. The lowest BCUT2D eigenvalue weighted by Crippen LogP contribution is -2.39. The Morgan fingerprint density at radius 2 is 1.73 bits per heavy atom. The third-order valence-electron chi connectivity index (χ3n) is 3.12. The Balaban J connectivity index is 2.37. The summed E-state index contributed by atoms with van der Waals surface area (Å²) in [5.41, 5.74) is 0.294. The van der Waals surface area contributed by atoms with Crippen molar-refractivity contribution in [3.05, 3.63) is 29.8 Å². The number of para-hydroxylation sites is 1. The summed E-state index contributed by atoms with van der Waals surface area (Å²) >= 11 is 0. The number of likely N-dealkylation sites (N-methyl/N-ethyl adjacent to an activating group) is 1. The summed E-state index contributed by atoms with van der Waals surface area (Å²) in [5, 5.41) is 4.72. The molecule has 142 valence electrons. The lowest BCUT2D eigenvalue weighted by atomic mass is 10.2. The normalized spacial score (nSPS) is 9.81. The summed E-state index contributed by atoms with van der Waals surface area (Å²) in [6, 6.07) is 6.63. The average Bonchev–Trinajstić information content (AvgIpc) is 2.62. The molecule has 3 amide bonds. The number of rotatable bonds is 9. The Morgan fingerprint density at radius 3 is 2.38 bits per heavy atom. The van der Waals surface area contributed by atoms with Crippen LogP contribution in [0.3, 0.4) is 0 Å². The third kappa shape index (κ3) is 7.20. The van der Waals surface area contributed by atoms with E-state index in [4.69, 9.17) is 9.47 Å². The summed E-state index contributed by atoms with van der Waals surface area (Å²) < 4.78 is 10.1. The minimum absolute atomic E-state index is 0.186. The van der Waals surface area contributed by atoms with Gasteiger partial charge in [-0.3, -0.25) is 19.2 Å². The Morgan fingerprint density at radius 1 is 1.04 bits per heavy atom. The van der Waals surface area contributed by atoms with Gasteiger partial charge in [-0.1, -0.05) is 12.1 Å². The van der Waals surface area contributed by atoms with Crippen LogP contribution < -0.4 is 15.4 Å². The number of nitrogens with one attached hydrogen (secondary N) is 2. The number of hydrogen-bond donors (Lipinski definition) is 2. The molecule has 9 nitrogen and oxygen atoms in total. The molecule has 0 spiro atoms. The van der Waals surface area contributed by atoms with Crippen LogP contribution in [0.2, 0.25) is 0 Å². The molecule has 0 aliphatic heterocycles. The van der Waals surface area contributed by atoms with Gasteiger partial charge in [-0.05, 0) is 19.1 Å². The fraction of sp³-hybridized carbons (Fsp3) is 0.412. The standard InChI is InChI=1S/C17H23N3O6/c1-4-25-13-8-6-5-7-12(13)17(24)19-10-16(23)26-11-14(21)18-9-15(22)20(2)3/h5-8H,4,9-11H2,1-3H3,(H,18,21)(H,19,24). The van der Waals surface area contributed by atoms with Crippen molar-refractivity contribution in [2.24, 2.45) is 0 Å². The molecule has 2 N–H and O–H groups in total. The minimum atomic E-state index is -0.777. The summed E-state index contributed by atoms with van der Waals surface area (Å²) in [6.07, 6.45) is 0. The molecule has 0 saturated carbocycles. The van der Waals surface area contributed by atoms with E-state index in [1.54, 1.807) is 45.3 Å². The van der Waals surface area contributed by atoms with Crippen molar-refractivity contribution >= 4 is 23.7 Å². The van der Waals surface area contributed by atoms with Crippen molar-refractivity contribution in [1.29, 1.82) is 0 Å². The molecule has 0 fully saturated rings. The number of carbonyl (C=O) groups is 4. The highest BCUT2D eigenvalue weighted by molar-refractivity contribution is 5.98. The average molecular weight is 365 g/mol. The first-order valence-electron chi connectivity index (χ1n) is 7.97. The van der Waals surface area contributed by atoms with Crippen LogP contribution in [0.4, 0.5) is 0 Å². The maximum Gasteiger partial charge on any atom is 0.325 e. The maximum absolute atomic E-state index is 12.1. The minimum Gasteiger partial charge on any atom is -0.493 e. The van der Waals surface area contributed by atoms with Gasteiger partial charge < -0.3 is 25.0 Å². The predicted molar refractivity (Wildman–Crippen MR) is 92.6 cm³/mol. The summed E-state index contributed by atoms with van der Waals surface area (Å²) in [7, 11) is 3.11. The van der Waals surface area contributed by atoms with Gasteiger partial charge in [-0.15, -0.1) is 0 Å². The molecule has 0 aromatic heterocycles. The SMILES string of the molecule is CCOc1ccccc1C(=O)NCC(=O)OCC(=O)NCC(=O)N(C)C. The van der Waals surface area contributed by atoms with E-state index < -0.39 is 30.9 Å².